The molecule has 1 aromatic rings. The minimum absolute atomic E-state index is 0.0906. The van der Waals surface area contributed by atoms with Crippen LogP contribution in [0.4, 0.5) is 0 Å². The Bertz CT molecular complexity index is 632. The van der Waals surface area contributed by atoms with E-state index in [2.05, 4.69) is 41.5 Å². The standard InChI is InChI=1S/C18H26N2O2S/c1-17(2,3)12-7-11(8-13(16(12)22)18(4,5)6)9-15-20(19)14(21)10-23-15/h7-9,22H,10,19H2,1-6H3. The fraction of sp³-hybridized carbons (Fsp3) is 0.500. The van der Waals surface area contributed by atoms with E-state index in [4.69, 9.17) is 5.84 Å². The van der Waals surface area contributed by atoms with Gasteiger partial charge in [0.25, 0.3) is 5.91 Å². The normalized spacial score (nSPS) is 18.1. The van der Waals surface area contributed by atoms with E-state index >= 15 is 0 Å². The molecule has 0 saturated carbocycles. The Hall–Kier alpha value is -1.46. The minimum Gasteiger partial charge on any atom is -0.507 e. The van der Waals surface area contributed by atoms with E-state index in [0.29, 0.717) is 11.5 Å². The van der Waals surface area contributed by atoms with Gasteiger partial charge in [-0.15, -0.1) is 0 Å². The lowest BCUT2D eigenvalue weighted by Crippen LogP contribution is -2.31. The van der Waals surface area contributed by atoms with Crippen LogP contribution in [-0.4, -0.2) is 21.8 Å². The van der Waals surface area contributed by atoms with Gasteiger partial charge >= 0.3 is 0 Å². The summed E-state index contributed by atoms with van der Waals surface area (Å²) in [5.74, 6) is 6.43. The zero-order chi connectivity index (χ0) is 17.6. The Balaban J connectivity index is 2.62. The number of hydrogen-bond donors (Lipinski definition) is 2. The second kappa shape index (κ2) is 5.87. The molecule has 1 heterocycles. The van der Waals surface area contributed by atoms with Crippen LogP contribution in [0.5, 0.6) is 5.75 Å². The number of nitrogens with two attached hydrogens (primary N) is 1. The molecule has 0 unspecified atom stereocenters. The number of carbonyl (C=O) groups is 1. The van der Waals surface area contributed by atoms with E-state index in [9.17, 15) is 9.90 Å². The SMILES string of the molecule is CC(C)(C)c1cc(C=C2SCC(=O)N2N)cc(C(C)(C)C)c1O. The highest BCUT2D eigenvalue weighted by Gasteiger charge is 2.27. The molecule has 2 rings (SSSR count). The van der Waals surface area contributed by atoms with Crippen LogP contribution in [0, 0.1) is 0 Å². The number of hydrogen-bond acceptors (Lipinski definition) is 4. The Morgan fingerprint density at radius 1 is 1.13 bits per heavy atom. The first-order valence-electron chi connectivity index (χ1n) is 7.71. The van der Waals surface area contributed by atoms with Crippen molar-refractivity contribution >= 4 is 23.7 Å². The lowest BCUT2D eigenvalue weighted by molar-refractivity contribution is -0.125. The topological polar surface area (TPSA) is 66.6 Å². The van der Waals surface area contributed by atoms with E-state index in [-0.39, 0.29) is 16.7 Å². The van der Waals surface area contributed by atoms with Crippen LogP contribution in [0.25, 0.3) is 6.08 Å². The highest BCUT2D eigenvalue weighted by Crippen LogP contribution is 2.40. The van der Waals surface area contributed by atoms with Crippen molar-refractivity contribution in [3.63, 3.8) is 0 Å². The van der Waals surface area contributed by atoms with Gasteiger partial charge in [-0.2, -0.15) is 0 Å². The molecule has 0 aliphatic carbocycles. The molecule has 3 N–H and O–H groups in total. The average molecular weight is 334 g/mol. The van der Waals surface area contributed by atoms with Crippen molar-refractivity contribution in [2.75, 3.05) is 5.75 Å². The smallest absolute Gasteiger partial charge is 0.252 e. The molecule has 1 fully saturated rings. The molecule has 23 heavy (non-hydrogen) atoms. The van der Waals surface area contributed by atoms with Crippen LogP contribution < -0.4 is 5.84 Å². The molecule has 4 nitrogen and oxygen atoms in total. The van der Waals surface area contributed by atoms with Gasteiger partial charge in [0, 0.05) is 11.1 Å². The zero-order valence-electron chi connectivity index (χ0n) is 14.7. The van der Waals surface area contributed by atoms with Crippen LogP contribution in [0.2, 0.25) is 0 Å². The Kier molecular flexibility index (Phi) is 4.57. The summed E-state index contributed by atoms with van der Waals surface area (Å²) in [7, 11) is 0. The van der Waals surface area contributed by atoms with Crippen LogP contribution >= 0.6 is 11.8 Å². The molecule has 0 aromatic heterocycles. The highest BCUT2D eigenvalue weighted by molar-refractivity contribution is 8.04. The van der Waals surface area contributed by atoms with Crippen molar-refractivity contribution < 1.29 is 9.90 Å². The first-order valence-corrected chi connectivity index (χ1v) is 8.70. The summed E-state index contributed by atoms with van der Waals surface area (Å²) in [6.07, 6.45) is 1.92. The fourth-order valence-corrected chi connectivity index (χ4v) is 3.41. The monoisotopic (exact) mass is 334 g/mol. The van der Waals surface area contributed by atoms with Crippen molar-refractivity contribution in [2.45, 2.75) is 52.4 Å². The largest absolute Gasteiger partial charge is 0.507 e. The fourth-order valence-electron chi connectivity index (χ4n) is 2.54. The highest BCUT2D eigenvalue weighted by atomic mass is 32.2. The first-order chi connectivity index (χ1) is 10.4. The maximum absolute atomic E-state index is 11.6. The molecule has 0 radical (unpaired) electrons. The quantitative estimate of drug-likeness (QED) is 0.606. The number of rotatable bonds is 1. The molecule has 1 saturated heterocycles. The first kappa shape index (κ1) is 17.9. The lowest BCUT2D eigenvalue weighted by atomic mass is 9.78. The van der Waals surface area contributed by atoms with E-state index in [1.165, 1.54) is 16.8 Å². The molecule has 1 aliphatic heterocycles. The number of benzene rings is 1. The average Bonchev–Trinajstić information content (AvgIpc) is 2.70. The van der Waals surface area contributed by atoms with Crippen molar-refractivity contribution in [3.8, 4) is 5.75 Å². The van der Waals surface area contributed by atoms with Gasteiger partial charge in [-0.05, 0) is 34.6 Å². The lowest BCUT2D eigenvalue weighted by Gasteiger charge is -2.28. The number of amides is 1. The van der Waals surface area contributed by atoms with Gasteiger partial charge in [-0.25, -0.2) is 10.9 Å². The summed E-state index contributed by atoms with van der Waals surface area (Å²) < 4.78 is 0. The number of phenolic OH excluding ortho intramolecular Hbond substituents is 1. The summed E-state index contributed by atoms with van der Waals surface area (Å²) in [4.78, 5) is 11.6. The van der Waals surface area contributed by atoms with Crippen molar-refractivity contribution in [3.05, 3.63) is 33.9 Å². The van der Waals surface area contributed by atoms with Gasteiger partial charge in [0.1, 0.15) is 5.75 Å². The van der Waals surface area contributed by atoms with Gasteiger partial charge in [0.05, 0.1) is 10.8 Å². The predicted molar refractivity (Wildman–Crippen MR) is 97.0 cm³/mol. The van der Waals surface area contributed by atoms with Gasteiger partial charge in [0.15, 0.2) is 0 Å². The Labute approximate surface area is 142 Å². The zero-order valence-corrected chi connectivity index (χ0v) is 15.5. The predicted octanol–water partition coefficient (Wildman–Crippen LogP) is 3.73. The van der Waals surface area contributed by atoms with E-state index in [1.807, 2.05) is 18.2 Å². The molecule has 126 valence electrons. The van der Waals surface area contributed by atoms with Crippen LogP contribution in [-0.2, 0) is 15.6 Å². The third-order valence-electron chi connectivity index (χ3n) is 3.89. The second-order valence-corrected chi connectivity index (χ2v) is 9.00. The van der Waals surface area contributed by atoms with Crippen molar-refractivity contribution in [2.24, 2.45) is 5.84 Å². The van der Waals surface area contributed by atoms with Gasteiger partial charge in [-0.3, -0.25) is 4.79 Å². The number of thioether (sulfide) groups is 1. The summed E-state index contributed by atoms with van der Waals surface area (Å²) in [6, 6.07) is 3.96. The summed E-state index contributed by atoms with van der Waals surface area (Å²) in [5.41, 5.74) is 2.38. The summed E-state index contributed by atoms with van der Waals surface area (Å²) in [5, 5.41) is 12.7. The Morgan fingerprint density at radius 3 is 1.96 bits per heavy atom. The number of hydrazine groups is 1. The molecule has 0 spiro atoms. The number of carbonyl (C=O) groups excluding carboxylic acids is 1. The van der Waals surface area contributed by atoms with E-state index < -0.39 is 0 Å². The molecule has 1 aliphatic rings. The third-order valence-corrected chi connectivity index (χ3v) is 4.89. The maximum Gasteiger partial charge on any atom is 0.252 e. The van der Waals surface area contributed by atoms with Crippen LogP contribution in [0.1, 0.15) is 58.2 Å². The van der Waals surface area contributed by atoms with Gasteiger partial charge in [0.2, 0.25) is 0 Å². The van der Waals surface area contributed by atoms with Gasteiger partial charge in [-0.1, -0.05) is 53.3 Å². The molecular formula is C18H26N2O2S. The minimum atomic E-state index is -0.181. The molecule has 1 amide bonds. The van der Waals surface area contributed by atoms with Crippen molar-refractivity contribution in [1.82, 2.24) is 5.01 Å². The third kappa shape index (κ3) is 3.72. The van der Waals surface area contributed by atoms with Crippen LogP contribution in [0.15, 0.2) is 17.2 Å². The molecule has 1 aromatic carbocycles. The maximum atomic E-state index is 11.6. The number of phenols is 1. The summed E-state index contributed by atoms with van der Waals surface area (Å²) in [6.45, 7) is 12.5. The van der Waals surface area contributed by atoms with Gasteiger partial charge < -0.3 is 5.11 Å². The van der Waals surface area contributed by atoms with Crippen molar-refractivity contribution in [1.29, 1.82) is 0 Å². The molecule has 0 bridgehead atoms. The number of nitrogens with zero attached hydrogens (tertiary/aromatic N) is 1. The van der Waals surface area contributed by atoms with E-state index in [1.54, 1.807) is 0 Å². The molecular weight excluding hydrogens is 308 g/mol. The van der Waals surface area contributed by atoms with Crippen LogP contribution in [0.3, 0.4) is 0 Å². The second-order valence-electron chi connectivity index (χ2n) is 8.00. The Morgan fingerprint density at radius 2 is 1.61 bits per heavy atom. The molecule has 5 heteroatoms. The molecule has 0 atom stereocenters. The van der Waals surface area contributed by atoms with E-state index in [0.717, 1.165) is 21.7 Å². The summed E-state index contributed by atoms with van der Waals surface area (Å²) >= 11 is 1.43. The number of aromatic hydroxyl groups is 1.